The molecule has 6 N–H and O–H groups in total. The molecular weight excluding hydrogens is 273 g/mol. The second-order valence-corrected chi connectivity index (χ2v) is 5.00. The first-order chi connectivity index (χ1) is 10.0. The molecule has 1 aromatic rings. The summed E-state index contributed by atoms with van der Waals surface area (Å²) in [7, 11) is 0. The predicted molar refractivity (Wildman–Crippen MR) is 81.0 cm³/mol. The molecule has 21 heavy (non-hydrogen) atoms. The van der Waals surface area contributed by atoms with Crippen LogP contribution in [0, 0.1) is 5.82 Å². The molecule has 1 fully saturated rings. The summed E-state index contributed by atoms with van der Waals surface area (Å²) >= 11 is 0. The van der Waals surface area contributed by atoms with Gasteiger partial charge in [0.2, 0.25) is 5.96 Å². The van der Waals surface area contributed by atoms with Gasteiger partial charge in [-0.2, -0.15) is 4.99 Å². The van der Waals surface area contributed by atoms with Crippen LogP contribution in [-0.2, 0) is 0 Å². The topological polar surface area (TPSA) is 112 Å². The lowest BCUT2D eigenvalue weighted by Gasteiger charge is -2.23. The van der Waals surface area contributed by atoms with E-state index in [1.54, 1.807) is 6.07 Å². The van der Waals surface area contributed by atoms with Crippen LogP contribution in [0.15, 0.2) is 28.2 Å². The summed E-state index contributed by atoms with van der Waals surface area (Å²) in [6.07, 6.45) is 5.61. The van der Waals surface area contributed by atoms with Crippen LogP contribution >= 0.6 is 0 Å². The lowest BCUT2D eigenvalue weighted by molar-refractivity contribution is 0.155. The van der Waals surface area contributed by atoms with Crippen LogP contribution in [0.4, 0.5) is 10.1 Å². The molecule has 0 atom stereocenters. The average molecular weight is 293 g/mol. The molecule has 0 unspecified atom stereocenters. The summed E-state index contributed by atoms with van der Waals surface area (Å²) < 4.78 is 19.3. The first-order valence-electron chi connectivity index (χ1n) is 6.94. The van der Waals surface area contributed by atoms with Gasteiger partial charge < -0.3 is 21.9 Å². The molecule has 0 aliphatic heterocycles. The van der Waals surface area contributed by atoms with Gasteiger partial charge in [-0.05, 0) is 37.8 Å². The van der Waals surface area contributed by atoms with Gasteiger partial charge in [0.15, 0.2) is 5.96 Å². The molecule has 0 heterocycles. The Morgan fingerprint density at radius 3 is 2.52 bits per heavy atom. The first kappa shape index (κ1) is 15.1. The summed E-state index contributed by atoms with van der Waals surface area (Å²) in [6.45, 7) is 0. The number of guanidine groups is 2. The first-order valence-corrected chi connectivity index (χ1v) is 6.94. The average Bonchev–Trinajstić information content (AvgIpc) is 2.42. The Morgan fingerprint density at radius 2 is 1.86 bits per heavy atom. The highest BCUT2D eigenvalue weighted by molar-refractivity contribution is 5.93. The highest BCUT2D eigenvalue weighted by Crippen LogP contribution is 2.32. The van der Waals surface area contributed by atoms with Gasteiger partial charge in [-0.15, -0.1) is 0 Å². The summed E-state index contributed by atoms with van der Waals surface area (Å²) in [4.78, 5) is 7.62. The van der Waals surface area contributed by atoms with Crippen LogP contribution in [0.5, 0.6) is 5.75 Å². The molecule has 2 rings (SSSR count). The Balaban J connectivity index is 2.22. The van der Waals surface area contributed by atoms with E-state index in [0.29, 0.717) is 5.75 Å². The molecule has 6 nitrogen and oxygen atoms in total. The van der Waals surface area contributed by atoms with E-state index in [-0.39, 0.29) is 23.7 Å². The largest absolute Gasteiger partial charge is 0.488 e. The number of benzene rings is 1. The van der Waals surface area contributed by atoms with Crippen molar-refractivity contribution >= 4 is 17.6 Å². The Bertz CT molecular complexity index is 548. The monoisotopic (exact) mass is 293 g/mol. The fourth-order valence-corrected chi connectivity index (χ4v) is 2.32. The molecule has 0 amide bonds. The third-order valence-corrected chi connectivity index (χ3v) is 3.25. The Labute approximate surface area is 122 Å². The van der Waals surface area contributed by atoms with E-state index in [2.05, 4.69) is 9.98 Å². The second kappa shape index (κ2) is 6.92. The molecule has 1 aromatic carbocycles. The van der Waals surface area contributed by atoms with Gasteiger partial charge in [-0.1, -0.05) is 6.42 Å². The van der Waals surface area contributed by atoms with Crippen LogP contribution < -0.4 is 21.9 Å². The van der Waals surface area contributed by atoms with Gasteiger partial charge in [0.25, 0.3) is 0 Å². The number of nitrogens with zero attached hydrogens (tertiary/aromatic N) is 2. The highest BCUT2D eigenvalue weighted by atomic mass is 19.1. The molecular formula is C14H20FN5O. The molecule has 1 aliphatic carbocycles. The number of hydrogen-bond acceptors (Lipinski definition) is 2. The Hall–Kier alpha value is -2.31. The number of nitrogens with two attached hydrogens (primary N) is 3. The van der Waals surface area contributed by atoms with E-state index in [4.69, 9.17) is 21.9 Å². The summed E-state index contributed by atoms with van der Waals surface area (Å²) in [5.74, 6) is -0.296. The van der Waals surface area contributed by atoms with Crippen molar-refractivity contribution in [3.8, 4) is 5.75 Å². The maximum absolute atomic E-state index is 13.4. The molecule has 114 valence electrons. The molecule has 0 radical (unpaired) electrons. The minimum absolute atomic E-state index is 0.127. The van der Waals surface area contributed by atoms with E-state index in [1.807, 2.05) is 0 Å². The zero-order valence-corrected chi connectivity index (χ0v) is 11.8. The summed E-state index contributed by atoms with van der Waals surface area (Å²) in [5.41, 5.74) is 16.3. The van der Waals surface area contributed by atoms with Gasteiger partial charge >= 0.3 is 0 Å². The van der Waals surface area contributed by atoms with Gasteiger partial charge in [0.1, 0.15) is 17.3 Å². The standard InChI is InChI=1S/C14H20FN5O/c15-9-6-7-12(21-10-4-2-1-3-5-10)11(8-9)19-14(18)20-13(16)17/h6-8,10H,1-5H2,(H6,16,17,18,19,20). The number of ether oxygens (including phenoxy) is 1. The molecule has 0 saturated heterocycles. The number of aliphatic imine (C=N–C) groups is 2. The summed E-state index contributed by atoms with van der Waals surface area (Å²) in [5, 5.41) is 0. The number of hydrogen-bond donors (Lipinski definition) is 3. The zero-order chi connectivity index (χ0) is 15.2. The van der Waals surface area contributed by atoms with Crippen LogP contribution in [-0.4, -0.2) is 18.0 Å². The SMILES string of the molecule is NC(N)=NC(N)=Nc1cc(F)ccc1OC1CCCCC1. The molecule has 0 bridgehead atoms. The highest BCUT2D eigenvalue weighted by Gasteiger charge is 2.17. The minimum Gasteiger partial charge on any atom is -0.488 e. The lowest BCUT2D eigenvalue weighted by atomic mass is 9.98. The number of rotatable bonds is 3. The molecule has 7 heteroatoms. The van der Waals surface area contributed by atoms with Crippen molar-refractivity contribution in [1.82, 2.24) is 0 Å². The van der Waals surface area contributed by atoms with Crippen LogP contribution in [0.3, 0.4) is 0 Å². The van der Waals surface area contributed by atoms with Crippen molar-refractivity contribution in [2.75, 3.05) is 0 Å². The molecule has 0 aromatic heterocycles. The van der Waals surface area contributed by atoms with Gasteiger partial charge in [-0.25, -0.2) is 9.38 Å². The molecule has 1 aliphatic rings. The van der Waals surface area contributed by atoms with Crippen LogP contribution in [0.1, 0.15) is 32.1 Å². The quantitative estimate of drug-likeness (QED) is 0.582. The fraction of sp³-hybridized carbons (Fsp3) is 0.429. The minimum atomic E-state index is -0.428. The fourth-order valence-electron chi connectivity index (χ4n) is 2.32. The Morgan fingerprint density at radius 1 is 1.14 bits per heavy atom. The molecule has 0 spiro atoms. The maximum Gasteiger partial charge on any atom is 0.223 e. The Kier molecular flexibility index (Phi) is 4.97. The van der Waals surface area contributed by atoms with Gasteiger partial charge in [0, 0.05) is 6.07 Å². The van der Waals surface area contributed by atoms with Crippen molar-refractivity contribution < 1.29 is 9.13 Å². The lowest BCUT2D eigenvalue weighted by Crippen LogP contribution is -2.26. The third-order valence-electron chi connectivity index (χ3n) is 3.25. The number of halogens is 1. The van der Waals surface area contributed by atoms with Gasteiger partial charge in [0.05, 0.1) is 6.10 Å². The van der Waals surface area contributed by atoms with Crippen LogP contribution in [0.2, 0.25) is 0 Å². The third kappa shape index (κ3) is 4.62. The zero-order valence-electron chi connectivity index (χ0n) is 11.8. The maximum atomic E-state index is 13.4. The predicted octanol–water partition coefficient (Wildman–Crippen LogP) is 1.76. The van der Waals surface area contributed by atoms with Crippen LogP contribution in [0.25, 0.3) is 0 Å². The second-order valence-electron chi connectivity index (χ2n) is 5.00. The van der Waals surface area contributed by atoms with E-state index in [9.17, 15) is 4.39 Å². The van der Waals surface area contributed by atoms with Crippen molar-refractivity contribution in [2.24, 2.45) is 27.2 Å². The van der Waals surface area contributed by atoms with Crippen molar-refractivity contribution in [3.63, 3.8) is 0 Å². The van der Waals surface area contributed by atoms with Crippen molar-refractivity contribution in [1.29, 1.82) is 0 Å². The normalized spacial score (nSPS) is 16.5. The summed E-state index contributed by atoms with van der Waals surface area (Å²) in [6, 6.07) is 4.12. The molecule has 1 saturated carbocycles. The van der Waals surface area contributed by atoms with Crippen molar-refractivity contribution in [2.45, 2.75) is 38.2 Å². The van der Waals surface area contributed by atoms with Crippen molar-refractivity contribution in [3.05, 3.63) is 24.0 Å². The van der Waals surface area contributed by atoms with Gasteiger partial charge in [-0.3, -0.25) is 0 Å². The smallest absolute Gasteiger partial charge is 0.223 e. The van der Waals surface area contributed by atoms with E-state index in [0.717, 1.165) is 25.7 Å². The van der Waals surface area contributed by atoms with E-state index in [1.165, 1.54) is 18.6 Å². The van der Waals surface area contributed by atoms with E-state index < -0.39 is 5.82 Å². The van der Waals surface area contributed by atoms with E-state index >= 15 is 0 Å².